The van der Waals surface area contributed by atoms with Crippen LogP contribution in [0.2, 0.25) is 0 Å². The highest BCUT2D eigenvalue weighted by molar-refractivity contribution is 8.00. The Morgan fingerprint density at radius 3 is 2.46 bits per heavy atom. The van der Waals surface area contributed by atoms with Crippen LogP contribution in [0.1, 0.15) is 32.2 Å². The first kappa shape index (κ1) is 18.5. The number of hydrogen-bond donors (Lipinski definition) is 2. The summed E-state index contributed by atoms with van der Waals surface area (Å²) in [7, 11) is 0. The van der Waals surface area contributed by atoms with E-state index >= 15 is 0 Å². The molecule has 0 aliphatic rings. The molecule has 24 heavy (non-hydrogen) atoms. The summed E-state index contributed by atoms with van der Waals surface area (Å²) >= 11 is 2.62. The van der Waals surface area contributed by atoms with Gasteiger partial charge in [-0.1, -0.05) is 25.9 Å². The Balaban J connectivity index is 1.71. The lowest BCUT2D eigenvalue weighted by atomic mass is 9.93. The molecule has 0 bridgehead atoms. The molecule has 0 fully saturated rings. The molecule has 2 heterocycles. The zero-order valence-electron chi connectivity index (χ0n) is 14.0. The number of aryl methyl sites for hydroxylation is 1. The van der Waals surface area contributed by atoms with Crippen molar-refractivity contribution in [1.29, 1.82) is 0 Å². The third-order valence-corrected chi connectivity index (χ3v) is 4.57. The van der Waals surface area contributed by atoms with E-state index in [1.165, 1.54) is 23.1 Å². The first-order chi connectivity index (χ1) is 11.2. The third-order valence-electron chi connectivity index (χ3n) is 2.88. The van der Waals surface area contributed by atoms with Gasteiger partial charge in [-0.05, 0) is 6.92 Å². The number of amides is 2. The Hall–Kier alpha value is -1.87. The molecule has 0 spiro atoms. The molecule has 0 radical (unpaired) electrons. The van der Waals surface area contributed by atoms with Crippen molar-refractivity contribution in [2.45, 2.75) is 33.1 Å². The molecule has 0 aliphatic carbocycles. The second-order valence-corrected chi connectivity index (χ2v) is 8.04. The summed E-state index contributed by atoms with van der Waals surface area (Å²) in [5, 5.41) is 11.5. The van der Waals surface area contributed by atoms with E-state index in [-0.39, 0.29) is 28.7 Å². The average Bonchev–Trinajstić information content (AvgIpc) is 3.07. The molecular weight excluding hydrogens is 348 g/mol. The van der Waals surface area contributed by atoms with E-state index in [1.54, 1.807) is 13.0 Å². The maximum atomic E-state index is 11.9. The average molecular weight is 368 g/mol. The Bertz CT molecular complexity index is 718. The van der Waals surface area contributed by atoms with Crippen LogP contribution in [0.4, 0.5) is 10.9 Å². The number of thioether (sulfide) groups is 1. The van der Waals surface area contributed by atoms with E-state index in [0.29, 0.717) is 16.7 Å². The second kappa shape index (κ2) is 7.80. The molecule has 2 N–H and O–H groups in total. The molecule has 2 amide bonds. The van der Waals surface area contributed by atoms with Crippen LogP contribution in [-0.4, -0.2) is 33.5 Å². The fourth-order valence-electron chi connectivity index (χ4n) is 1.67. The highest BCUT2D eigenvalue weighted by atomic mass is 32.2. The van der Waals surface area contributed by atoms with Gasteiger partial charge in [0.05, 0.1) is 17.2 Å². The molecule has 0 aliphatic heterocycles. The largest absolute Gasteiger partial charge is 0.360 e. The number of rotatable bonds is 6. The lowest BCUT2D eigenvalue weighted by molar-refractivity contribution is -0.114. The minimum atomic E-state index is -0.231. The molecule has 0 atom stereocenters. The Labute approximate surface area is 148 Å². The number of carbonyl (C=O) groups is 2. The zero-order valence-corrected chi connectivity index (χ0v) is 15.6. The summed E-state index contributed by atoms with van der Waals surface area (Å²) in [4.78, 5) is 28.0. The summed E-state index contributed by atoms with van der Waals surface area (Å²) in [5.74, 6) is 0.917. The molecule has 2 aromatic heterocycles. The zero-order chi connectivity index (χ0) is 17.7. The summed E-state index contributed by atoms with van der Waals surface area (Å²) in [6.45, 7) is 7.95. The van der Waals surface area contributed by atoms with Gasteiger partial charge in [0.15, 0.2) is 10.9 Å². The number of nitrogens with one attached hydrogen (secondary N) is 2. The van der Waals surface area contributed by atoms with Gasteiger partial charge in [-0.2, -0.15) is 0 Å². The standard InChI is InChI=1S/C15H20N4O3S2/c1-9-5-11(19-22-9)17-12(20)7-23-8-13(21)18-14-16-10(6-24-14)15(2,3)4/h5-6H,7-8H2,1-4H3,(H,16,18,21)(H,17,19,20). The lowest BCUT2D eigenvalue weighted by Crippen LogP contribution is -2.19. The fourth-order valence-corrected chi connectivity index (χ4v) is 3.24. The predicted molar refractivity (Wildman–Crippen MR) is 96.6 cm³/mol. The van der Waals surface area contributed by atoms with Crippen LogP contribution in [0.5, 0.6) is 0 Å². The van der Waals surface area contributed by atoms with Crippen molar-refractivity contribution in [3.63, 3.8) is 0 Å². The topological polar surface area (TPSA) is 97.1 Å². The number of anilines is 2. The lowest BCUT2D eigenvalue weighted by Gasteiger charge is -2.14. The minimum Gasteiger partial charge on any atom is -0.360 e. The summed E-state index contributed by atoms with van der Waals surface area (Å²) in [6, 6.07) is 1.63. The molecule has 2 rings (SSSR count). The van der Waals surface area contributed by atoms with E-state index in [0.717, 1.165) is 5.69 Å². The van der Waals surface area contributed by atoms with E-state index in [9.17, 15) is 9.59 Å². The monoisotopic (exact) mass is 368 g/mol. The van der Waals surface area contributed by atoms with Gasteiger partial charge < -0.3 is 15.2 Å². The molecule has 7 nitrogen and oxygen atoms in total. The number of aromatic nitrogens is 2. The first-order valence-corrected chi connectivity index (χ1v) is 9.34. The van der Waals surface area contributed by atoms with E-state index in [4.69, 9.17) is 4.52 Å². The van der Waals surface area contributed by atoms with Crippen LogP contribution in [-0.2, 0) is 15.0 Å². The SMILES string of the molecule is Cc1cc(NC(=O)CSCC(=O)Nc2nc(C(C)(C)C)cs2)no1. The summed E-state index contributed by atoms with van der Waals surface area (Å²) < 4.78 is 4.86. The van der Waals surface area contributed by atoms with Crippen molar-refractivity contribution >= 4 is 45.9 Å². The van der Waals surface area contributed by atoms with Crippen LogP contribution in [0, 0.1) is 6.92 Å². The molecule has 9 heteroatoms. The third kappa shape index (κ3) is 5.64. The van der Waals surface area contributed by atoms with Gasteiger partial charge >= 0.3 is 0 Å². The van der Waals surface area contributed by atoms with Crippen LogP contribution >= 0.6 is 23.1 Å². The Kier molecular flexibility index (Phi) is 6.00. The van der Waals surface area contributed by atoms with Crippen molar-refractivity contribution in [3.05, 3.63) is 22.9 Å². The smallest absolute Gasteiger partial charge is 0.236 e. The first-order valence-electron chi connectivity index (χ1n) is 7.31. The number of carbonyl (C=O) groups excluding carboxylic acids is 2. The predicted octanol–water partition coefficient (Wildman–Crippen LogP) is 3.05. The van der Waals surface area contributed by atoms with Gasteiger partial charge in [-0.15, -0.1) is 23.1 Å². The normalized spacial score (nSPS) is 11.3. The maximum absolute atomic E-state index is 11.9. The van der Waals surface area contributed by atoms with E-state index in [2.05, 4.69) is 41.5 Å². The summed E-state index contributed by atoms with van der Waals surface area (Å²) in [5.41, 5.74) is 0.893. The van der Waals surface area contributed by atoms with Gasteiger partial charge in [0.1, 0.15) is 5.76 Å². The molecule has 0 unspecified atom stereocenters. The minimum absolute atomic E-state index is 0.0498. The molecule has 2 aromatic rings. The van der Waals surface area contributed by atoms with Crippen molar-refractivity contribution in [1.82, 2.24) is 10.1 Å². The quantitative estimate of drug-likeness (QED) is 0.813. The highest BCUT2D eigenvalue weighted by Crippen LogP contribution is 2.26. The van der Waals surface area contributed by atoms with Gasteiger partial charge in [0.2, 0.25) is 11.8 Å². The van der Waals surface area contributed by atoms with Gasteiger partial charge in [-0.25, -0.2) is 4.98 Å². The molecule has 0 saturated heterocycles. The van der Waals surface area contributed by atoms with Crippen LogP contribution < -0.4 is 10.6 Å². The van der Waals surface area contributed by atoms with Crippen molar-refractivity contribution < 1.29 is 14.1 Å². The molecule has 130 valence electrons. The van der Waals surface area contributed by atoms with Crippen molar-refractivity contribution in [3.8, 4) is 0 Å². The van der Waals surface area contributed by atoms with Gasteiger partial charge in [-0.3, -0.25) is 9.59 Å². The van der Waals surface area contributed by atoms with Gasteiger partial charge in [0.25, 0.3) is 0 Å². The number of thiazole rings is 1. The van der Waals surface area contributed by atoms with Crippen molar-refractivity contribution in [2.24, 2.45) is 0 Å². The van der Waals surface area contributed by atoms with E-state index < -0.39 is 0 Å². The van der Waals surface area contributed by atoms with E-state index in [1.807, 2.05) is 5.38 Å². The van der Waals surface area contributed by atoms with Crippen LogP contribution in [0.25, 0.3) is 0 Å². The number of hydrogen-bond acceptors (Lipinski definition) is 7. The fraction of sp³-hybridized carbons (Fsp3) is 0.467. The van der Waals surface area contributed by atoms with Crippen LogP contribution in [0.15, 0.2) is 16.0 Å². The van der Waals surface area contributed by atoms with Crippen LogP contribution in [0.3, 0.4) is 0 Å². The Morgan fingerprint density at radius 2 is 1.92 bits per heavy atom. The number of nitrogens with zero attached hydrogens (tertiary/aromatic N) is 2. The highest BCUT2D eigenvalue weighted by Gasteiger charge is 2.18. The van der Waals surface area contributed by atoms with Gasteiger partial charge in [0, 0.05) is 16.9 Å². The maximum Gasteiger partial charge on any atom is 0.236 e. The molecule has 0 saturated carbocycles. The molecule has 0 aromatic carbocycles. The summed E-state index contributed by atoms with van der Waals surface area (Å²) in [6.07, 6.45) is 0. The second-order valence-electron chi connectivity index (χ2n) is 6.20. The van der Waals surface area contributed by atoms with Crippen molar-refractivity contribution in [2.75, 3.05) is 22.1 Å². The Morgan fingerprint density at radius 1 is 1.25 bits per heavy atom. The molecular formula is C15H20N4O3S2.